The number of hydrogen-bond acceptors (Lipinski definition) is 4. The van der Waals surface area contributed by atoms with Gasteiger partial charge in [-0.3, -0.25) is 4.79 Å². The van der Waals surface area contributed by atoms with Gasteiger partial charge in [-0.25, -0.2) is 9.18 Å². The number of hydrogen-bond donors (Lipinski definition) is 3. The Hall–Kier alpha value is -4.89. The molecule has 5 rings (SSSR count). The number of nitrogens with one attached hydrogen (secondary N) is 2. The predicted octanol–water partition coefficient (Wildman–Crippen LogP) is 8.68. The molecule has 0 aliphatic heterocycles. The van der Waals surface area contributed by atoms with Gasteiger partial charge in [-0.2, -0.15) is 0 Å². The van der Waals surface area contributed by atoms with Crippen molar-refractivity contribution in [1.82, 2.24) is 5.32 Å². The molecule has 0 aliphatic rings. The minimum Gasteiger partial charge on any atom is -0.455 e. The standard InChI is InChI=1S/C36H32ClFN4O3.ClH/c37-29-18-19-33(34(23-29)45-30-11-6-8-25(22-30)24-39)42(21-7-20-40-36(44)41-32-13-5-4-12-31(32)38)35(43)28-16-14-27(15-17-28)26-9-2-1-3-10-26;/h1-6,8-19,22-23H,7,20-21,24,39H2,(H2,40,41,44);1H. The van der Waals surface area contributed by atoms with Gasteiger partial charge >= 0.3 is 6.03 Å². The first-order chi connectivity index (χ1) is 21.9. The first-order valence-electron chi connectivity index (χ1n) is 14.4. The monoisotopic (exact) mass is 658 g/mol. The van der Waals surface area contributed by atoms with E-state index < -0.39 is 11.8 Å². The molecule has 0 aliphatic carbocycles. The SMILES string of the molecule is Cl.NCc1cccc(Oc2cc(Cl)ccc2N(CCCNC(=O)Nc2ccccc2F)C(=O)c2ccc(-c3ccccc3)cc2)c1. The highest BCUT2D eigenvalue weighted by atomic mass is 35.5. The largest absolute Gasteiger partial charge is 0.455 e. The summed E-state index contributed by atoms with van der Waals surface area (Å²) < 4.78 is 20.2. The van der Waals surface area contributed by atoms with Gasteiger partial charge < -0.3 is 26.0 Å². The lowest BCUT2D eigenvalue weighted by Crippen LogP contribution is -2.36. The average Bonchev–Trinajstić information content (AvgIpc) is 3.07. The van der Waals surface area contributed by atoms with E-state index in [9.17, 15) is 14.0 Å². The summed E-state index contributed by atoms with van der Waals surface area (Å²) in [6, 6.07) is 35.1. The van der Waals surface area contributed by atoms with Crippen molar-refractivity contribution in [1.29, 1.82) is 0 Å². The molecule has 0 saturated carbocycles. The number of nitrogens with zero attached hydrogens (tertiary/aromatic N) is 1. The molecule has 0 aromatic heterocycles. The summed E-state index contributed by atoms with van der Waals surface area (Å²) in [6.45, 7) is 0.806. The number of rotatable bonds is 11. The van der Waals surface area contributed by atoms with Crippen LogP contribution in [-0.4, -0.2) is 25.0 Å². The lowest BCUT2D eigenvalue weighted by Gasteiger charge is -2.26. The highest BCUT2D eigenvalue weighted by molar-refractivity contribution is 6.30. The number of carbonyl (C=O) groups is 2. The first kappa shape index (κ1) is 34.0. The van der Waals surface area contributed by atoms with Gasteiger partial charge in [0, 0.05) is 36.3 Å². The molecule has 0 bridgehead atoms. The maximum Gasteiger partial charge on any atom is 0.319 e. The van der Waals surface area contributed by atoms with E-state index in [2.05, 4.69) is 10.6 Å². The number of ether oxygens (including phenoxy) is 1. The van der Waals surface area contributed by atoms with Crippen molar-refractivity contribution in [3.8, 4) is 22.6 Å². The highest BCUT2D eigenvalue weighted by Crippen LogP contribution is 2.36. The smallest absolute Gasteiger partial charge is 0.319 e. The zero-order valence-electron chi connectivity index (χ0n) is 24.8. The Balaban J connectivity index is 0.00000480. The van der Waals surface area contributed by atoms with Crippen molar-refractivity contribution in [3.63, 3.8) is 0 Å². The predicted molar refractivity (Wildman–Crippen MR) is 185 cm³/mol. The van der Waals surface area contributed by atoms with Crippen molar-refractivity contribution in [2.75, 3.05) is 23.3 Å². The second-order valence-electron chi connectivity index (χ2n) is 10.2. The fraction of sp³-hybridized carbons (Fsp3) is 0.111. The Morgan fingerprint density at radius 1 is 0.826 bits per heavy atom. The molecule has 0 unspecified atom stereocenters. The maximum absolute atomic E-state index is 14.1. The van der Waals surface area contributed by atoms with Crippen LogP contribution in [0.25, 0.3) is 11.1 Å². The number of halogens is 3. The number of benzene rings is 5. The van der Waals surface area contributed by atoms with Crippen LogP contribution in [0.4, 0.5) is 20.6 Å². The molecule has 0 radical (unpaired) electrons. The first-order valence-corrected chi connectivity index (χ1v) is 14.8. The maximum atomic E-state index is 14.1. The molecule has 0 heterocycles. The van der Waals surface area contributed by atoms with Crippen LogP contribution in [0, 0.1) is 5.82 Å². The third kappa shape index (κ3) is 8.85. The molecule has 7 nitrogen and oxygen atoms in total. The van der Waals surface area contributed by atoms with E-state index in [0.29, 0.717) is 40.7 Å². The molecular weight excluding hydrogens is 626 g/mol. The van der Waals surface area contributed by atoms with Crippen molar-refractivity contribution in [2.24, 2.45) is 5.73 Å². The van der Waals surface area contributed by atoms with E-state index in [1.165, 1.54) is 12.1 Å². The van der Waals surface area contributed by atoms with Crippen molar-refractivity contribution in [3.05, 3.63) is 143 Å². The zero-order valence-corrected chi connectivity index (χ0v) is 26.4. The Kier molecular flexibility index (Phi) is 12.1. The second-order valence-corrected chi connectivity index (χ2v) is 10.6. The Labute approximate surface area is 278 Å². The molecule has 0 fully saturated rings. The van der Waals surface area contributed by atoms with E-state index in [4.69, 9.17) is 22.1 Å². The lowest BCUT2D eigenvalue weighted by molar-refractivity contribution is 0.0986. The topological polar surface area (TPSA) is 96.7 Å². The fourth-order valence-corrected chi connectivity index (χ4v) is 4.91. The van der Waals surface area contributed by atoms with Crippen molar-refractivity contribution < 1.29 is 18.7 Å². The van der Waals surface area contributed by atoms with Crippen LogP contribution in [0.5, 0.6) is 11.5 Å². The quantitative estimate of drug-likeness (QED) is 0.124. The molecule has 46 heavy (non-hydrogen) atoms. The third-order valence-electron chi connectivity index (χ3n) is 7.02. The Bertz CT molecular complexity index is 1770. The lowest BCUT2D eigenvalue weighted by atomic mass is 10.0. The van der Waals surface area contributed by atoms with Crippen LogP contribution in [0.3, 0.4) is 0 Å². The summed E-state index contributed by atoms with van der Waals surface area (Å²) in [6.07, 6.45) is 0.392. The molecular formula is C36H33Cl2FN4O3. The normalized spacial score (nSPS) is 10.4. The molecule has 4 N–H and O–H groups in total. The van der Waals surface area contributed by atoms with Crippen molar-refractivity contribution in [2.45, 2.75) is 13.0 Å². The van der Waals surface area contributed by atoms with E-state index >= 15 is 0 Å². The minimum atomic E-state index is -0.551. The van der Waals surface area contributed by atoms with Crippen LogP contribution >= 0.6 is 24.0 Å². The van der Waals surface area contributed by atoms with Crippen molar-refractivity contribution >= 4 is 47.3 Å². The van der Waals surface area contributed by atoms with Crippen LogP contribution in [-0.2, 0) is 6.54 Å². The van der Waals surface area contributed by atoms with Crippen LogP contribution in [0.15, 0.2) is 121 Å². The molecule has 0 spiro atoms. The summed E-state index contributed by atoms with van der Waals surface area (Å²) >= 11 is 6.37. The summed E-state index contributed by atoms with van der Waals surface area (Å²) in [7, 11) is 0. The molecule has 5 aromatic carbocycles. The molecule has 5 aromatic rings. The van der Waals surface area contributed by atoms with Gasteiger partial charge in [0.2, 0.25) is 0 Å². The molecule has 0 saturated heterocycles. The van der Waals surface area contributed by atoms with Gasteiger partial charge in [0.15, 0.2) is 5.75 Å². The van der Waals surface area contributed by atoms with Gasteiger partial charge in [-0.05, 0) is 71.6 Å². The van der Waals surface area contributed by atoms with Gasteiger partial charge in [0.25, 0.3) is 5.91 Å². The molecule has 236 valence electrons. The fourth-order valence-electron chi connectivity index (χ4n) is 4.75. The summed E-state index contributed by atoms with van der Waals surface area (Å²) in [4.78, 5) is 28.1. The number of nitrogens with two attached hydrogens (primary N) is 1. The third-order valence-corrected chi connectivity index (χ3v) is 7.26. The summed E-state index contributed by atoms with van der Waals surface area (Å²) in [5.41, 5.74) is 9.80. The van der Waals surface area contributed by atoms with Gasteiger partial charge in [0.05, 0.1) is 11.4 Å². The van der Waals surface area contributed by atoms with Gasteiger partial charge in [-0.1, -0.05) is 78.3 Å². The molecule has 3 amide bonds. The summed E-state index contributed by atoms with van der Waals surface area (Å²) in [5, 5.41) is 5.67. The number of para-hydroxylation sites is 1. The molecule has 0 atom stereocenters. The van der Waals surface area contributed by atoms with E-state index in [-0.39, 0.29) is 37.1 Å². The van der Waals surface area contributed by atoms with Gasteiger partial charge in [-0.15, -0.1) is 12.4 Å². The minimum absolute atomic E-state index is 0. The molecule has 10 heteroatoms. The average molecular weight is 660 g/mol. The second kappa shape index (κ2) is 16.4. The van der Waals surface area contributed by atoms with E-state index in [1.54, 1.807) is 53.4 Å². The van der Waals surface area contributed by atoms with Gasteiger partial charge in [0.1, 0.15) is 11.6 Å². The van der Waals surface area contributed by atoms with E-state index in [1.807, 2.05) is 60.7 Å². The van der Waals surface area contributed by atoms with Crippen LogP contribution in [0.1, 0.15) is 22.3 Å². The van der Waals surface area contributed by atoms with Crippen LogP contribution in [0.2, 0.25) is 5.02 Å². The van der Waals surface area contributed by atoms with E-state index in [0.717, 1.165) is 16.7 Å². The number of carbonyl (C=O) groups excluding carboxylic acids is 2. The Morgan fingerprint density at radius 2 is 1.54 bits per heavy atom. The number of amides is 3. The Morgan fingerprint density at radius 3 is 2.28 bits per heavy atom. The number of urea groups is 1. The highest BCUT2D eigenvalue weighted by Gasteiger charge is 2.22. The summed E-state index contributed by atoms with van der Waals surface area (Å²) in [5.74, 6) is 0.145. The zero-order chi connectivity index (χ0) is 31.6. The van der Waals surface area contributed by atoms with Crippen LogP contribution < -0.4 is 26.0 Å². The number of anilines is 2.